The largest absolute Gasteiger partial charge is 0.316 e. The second-order valence-electron chi connectivity index (χ2n) is 3.95. The van der Waals surface area contributed by atoms with Crippen molar-refractivity contribution in [1.29, 1.82) is 0 Å². The highest BCUT2D eigenvalue weighted by Gasteiger charge is 2.22. The Labute approximate surface area is 76.1 Å². The number of rotatable bonds is 6. The summed E-state index contributed by atoms with van der Waals surface area (Å²) >= 11 is 0. The smallest absolute Gasteiger partial charge is 0.000522 e. The SMILES string of the molecule is CCCCNCC(C)C1CNC1. The molecule has 1 aliphatic rings. The van der Waals surface area contributed by atoms with Crippen molar-refractivity contribution in [1.82, 2.24) is 10.6 Å². The fourth-order valence-electron chi connectivity index (χ4n) is 1.51. The summed E-state index contributed by atoms with van der Waals surface area (Å²) in [4.78, 5) is 0. The molecule has 72 valence electrons. The van der Waals surface area contributed by atoms with Crippen LogP contribution in [0.5, 0.6) is 0 Å². The molecule has 1 aliphatic heterocycles. The first-order valence-corrected chi connectivity index (χ1v) is 5.26. The summed E-state index contributed by atoms with van der Waals surface area (Å²) in [6.07, 6.45) is 2.61. The molecule has 2 nitrogen and oxygen atoms in total. The Balaban J connectivity index is 1.91. The van der Waals surface area contributed by atoms with Gasteiger partial charge in [0, 0.05) is 0 Å². The summed E-state index contributed by atoms with van der Waals surface area (Å²) in [5, 5.41) is 6.82. The zero-order valence-corrected chi connectivity index (χ0v) is 8.40. The van der Waals surface area contributed by atoms with Crippen LogP contribution in [0.15, 0.2) is 0 Å². The lowest BCUT2D eigenvalue weighted by molar-refractivity contribution is 0.243. The van der Waals surface area contributed by atoms with Crippen LogP contribution in [0.25, 0.3) is 0 Å². The third kappa shape index (κ3) is 3.11. The number of hydrogen-bond acceptors (Lipinski definition) is 2. The fourth-order valence-corrected chi connectivity index (χ4v) is 1.51. The van der Waals surface area contributed by atoms with Gasteiger partial charge in [-0.25, -0.2) is 0 Å². The van der Waals surface area contributed by atoms with E-state index in [2.05, 4.69) is 24.5 Å². The fraction of sp³-hybridized carbons (Fsp3) is 1.00. The summed E-state index contributed by atoms with van der Waals surface area (Å²) in [6, 6.07) is 0. The van der Waals surface area contributed by atoms with Crippen LogP contribution < -0.4 is 10.6 Å². The predicted molar refractivity (Wildman–Crippen MR) is 53.3 cm³/mol. The van der Waals surface area contributed by atoms with Gasteiger partial charge in [0.25, 0.3) is 0 Å². The van der Waals surface area contributed by atoms with Gasteiger partial charge in [-0.05, 0) is 44.4 Å². The third-order valence-electron chi connectivity index (χ3n) is 2.79. The Kier molecular flexibility index (Phi) is 4.62. The van der Waals surface area contributed by atoms with E-state index in [9.17, 15) is 0 Å². The first-order valence-electron chi connectivity index (χ1n) is 5.26. The molecule has 2 heteroatoms. The molecule has 1 heterocycles. The maximum atomic E-state index is 3.51. The molecule has 0 aliphatic carbocycles. The van der Waals surface area contributed by atoms with Gasteiger partial charge in [-0.3, -0.25) is 0 Å². The number of nitrogens with one attached hydrogen (secondary N) is 2. The molecule has 0 aromatic heterocycles. The molecule has 1 saturated heterocycles. The maximum absolute atomic E-state index is 3.51. The highest BCUT2D eigenvalue weighted by atomic mass is 15.0. The van der Waals surface area contributed by atoms with E-state index in [1.165, 1.54) is 39.0 Å². The average Bonchev–Trinajstić information content (AvgIpc) is 1.95. The molecule has 0 saturated carbocycles. The number of unbranched alkanes of at least 4 members (excludes halogenated alkanes) is 1. The zero-order chi connectivity index (χ0) is 8.81. The molecule has 0 aromatic rings. The molecule has 0 bridgehead atoms. The van der Waals surface area contributed by atoms with Crippen molar-refractivity contribution in [2.45, 2.75) is 26.7 Å². The Morgan fingerprint density at radius 2 is 2.25 bits per heavy atom. The molecule has 1 fully saturated rings. The highest BCUT2D eigenvalue weighted by molar-refractivity contribution is 4.80. The standard InChI is InChI=1S/C10H22N2/c1-3-4-5-11-6-9(2)10-7-12-8-10/h9-12H,3-8H2,1-2H3. The van der Waals surface area contributed by atoms with Crippen molar-refractivity contribution < 1.29 is 0 Å². The minimum absolute atomic E-state index is 0.850. The monoisotopic (exact) mass is 170 g/mol. The first kappa shape index (κ1) is 10.0. The van der Waals surface area contributed by atoms with Gasteiger partial charge in [0.1, 0.15) is 0 Å². The quantitative estimate of drug-likeness (QED) is 0.586. The van der Waals surface area contributed by atoms with Gasteiger partial charge in [0.05, 0.1) is 0 Å². The first-order chi connectivity index (χ1) is 5.84. The zero-order valence-electron chi connectivity index (χ0n) is 8.40. The molecular weight excluding hydrogens is 148 g/mol. The van der Waals surface area contributed by atoms with Gasteiger partial charge in [0.2, 0.25) is 0 Å². The minimum atomic E-state index is 0.850. The van der Waals surface area contributed by atoms with E-state index in [0.717, 1.165) is 11.8 Å². The average molecular weight is 170 g/mol. The van der Waals surface area contributed by atoms with E-state index in [-0.39, 0.29) is 0 Å². The Bertz CT molecular complexity index is 110. The normalized spacial score (nSPS) is 20.5. The predicted octanol–water partition coefficient (Wildman–Crippen LogP) is 1.23. The molecule has 2 N–H and O–H groups in total. The van der Waals surface area contributed by atoms with Crippen LogP contribution in [0.4, 0.5) is 0 Å². The van der Waals surface area contributed by atoms with Crippen molar-refractivity contribution in [2.75, 3.05) is 26.2 Å². The molecule has 1 rings (SSSR count). The van der Waals surface area contributed by atoms with Crippen LogP contribution in [0.2, 0.25) is 0 Å². The van der Waals surface area contributed by atoms with Gasteiger partial charge in [-0.2, -0.15) is 0 Å². The van der Waals surface area contributed by atoms with Gasteiger partial charge < -0.3 is 10.6 Å². The Morgan fingerprint density at radius 1 is 1.50 bits per heavy atom. The van der Waals surface area contributed by atoms with Crippen LogP contribution >= 0.6 is 0 Å². The second-order valence-corrected chi connectivity index (χ2v) is 3.95. The summed E-state index contributed by atoms with van der Waals surface area (Å²) in [5.74, 6) is 1.78. The van der Waals surface area contributed by atoms with E-state index >= 15 is 0 Å². The van der Waals surface area contributed by atoms with Crippen LogP contribution in [-0.2, 0) is 0 Å². The van der Waals surface area contributed by atoms with Crippen LogP contribution in [0.1, 0.15) is 26.7 Å². The summed E-state index contributed by atoms with van der Waals surface area (Å²) < 4.78 is 0. The molecular formula is C10H22N2. The van der Waals surface area contributed by atoms with Gasteiger partial charge >= 0.3 is 0 Å². The molecule has 0 aromatic carbocycles. The van der Waals surface area contributed by atoms with E-state index in [4.69, 9.17) is 0 Å². The molecule has 0 spiro atoms. The van der Waals surface area contributed by atoms with E-state index in [0.29, 0.717) is 0 Å². The topological polar surface area (TPSA) is 24.1 Å². The lowest BCUT2D eigenvalue weighted by Crippen LogP contribution is -2.47. The van der Waals surface area contributed by atoms with E-state index < -0.39 is 0 Å². The van der Waals surface area contributed by atoms with Crippen LogP contribution in [0, 0.1) is 11.8 Å². The van der Waals surface area contributed by atoms with Gasteiger partial charge in [-0.1, -0.05) is 20.3 Å². The molecule has 1 unspecified atom stereocenters. The molecule has 0 radical (unpaired) electrons. The van der Waals surface area contributed by atoms with Crippen LogP contribution in [0.3, 0.4) is 0 Å². The highest BCUT2D eigenvalue weighted by Crippen LogP contribution is 2.14. The third-order valence-corrected chi connectivity index (χ3v) is 2.79. The molecule has 1 atom stereocenters. The van der Waals surface area contributed by atoms with Crippen LogP contribution in [-0.4, -0.2) is 26.2 Å². The van der Waals surface area contributed by atoms with E-state index in [1.54, 1.807) is 0 Å². The van der Waals surface area contributed by atoms with Crippen molar-refractivity contribution in [3.05, 3.63) is 0 Å². The summed E-state index contributed by atoms with van der Waals surface area (Å²) in [6.45, 7) is 9.45. The summed E-state index contributed by atoms with van der Waals surface area (Å²) in [7, 11) is 0. The number of hydrogen-bond donors (Lipinski definition) is 2. The summed E-state index contributed by atoms with van der Waals surface area (Å²) in [5.41, 5.74) is 0. The minimum Gasteiger partial charge on any atom is -0.316 e. The molecule has 12 heavy (non-hydrogen) atoms. The lowest BCUT2D eigenvalue weighted by atomic mass is 9.89. The Hall–Kier alpha value is -0.0800. The van der Waals surface area contributed by atoms with E-state index in [1.807, 2.05) is 0 Å². The lowest BCUT2D eigenvalue weighted by Gasteiger charge is -2.32. The Morgan fingerprint density at radius 3 is 2.75 bits per heavy atom. The maximum Gasteiger partial charge on any atom is -0.000522 e. The van der Waals surface area contributed by atoms with Crippen molar-refractivity contribution in [2.24, 2.45) is 11.8 Å². The van der Waals surface area contributed by atoms with Crippen molar-refractivity contribution >= 4 is 0 Å². The molecule has 0 amide bonds. The van der Waals surface area contributed by atoms with Gasteiger partial charge in [0.15, 0.2) is 0 Å². The van der Waals surface area contributed by atoms with Gasteiger partial charge in [-0.15, -0.1) is 0 Å². The van der Waals surface area contributed by atoms with Crippen molar-refractivity contribution in [3.63, 3.8) is 0 Å². The second kappa shape index (κ2) is 5.55. The van der Waals surface area contributed by atoms with Crippen molar-refractivity contribution in [3.8, 4) is 0 Å².